The molecule has 5 rings (SSSR count). The van der Waals surface area contributed by atoms with Crippen LogP contribution in [0.25, 0.3) is 11.3 Å². The third-order valence-electron chi connectivity index (χ3n) is 5.20. The topological polar surface area (TPSA) is 61.9 Å². The number of hydrogen-bond donors (Lipinski definition) is 1. The molecule has 1 atom stereocenters. The fourth-order valence-electron chi connectivity index (χ4n) is 3.80. The summed E-state index contributed by atoms with van der Waals surface area (Å²) in [5.74, 6) is -0.0893. The Kier molecular flexibility index (Phi) is 4.28. The van der Waals surface area contributed by atoms with Gasteiger partial charge in [0.05, 0.1) is 11.7 Å². The molecule has 2 aromatic heterocycles. The summed E-state index contributed by atoms with van der Waals surface area (Å²) in [6.45, 7) is 2.03. The number of hydrogen-bond acceptors (Lipinski definition) is 3. The van der Waals surface area contributed by atoms with Gasteiger partial charge in [-0.3, -0.25) is 19.8 Å². The first-order valence-corrected chi connectivity index (χ1v) is 10.1. The van der Waals surface area contributed by atoms with Gasteiger partial charge in [0.15, 0.2) is 0 Å². The Bertz CT molecular complexity index is 1180. The van der Waals surface area contributed by atoms with Crippen LogP contribution in [0.3, 0.4) is 0 Å². The van der Waals surface area contributed by atoms with Gasteiger partial charge >= 0.3 is 0 Å². The Labute approximate surface area is 176 Å². The van der Waals surface area contributed by atoms with E-state index in [2.05, 4.69) is 31.1 Å². The molecule has 0 aliphatic carbocycles. The molecule has 4 aromatic rings. The maximum atomic E-state index is 13.4. The number of carbonyl (C=O) groups excluding carboxylic acids is 1. The molecule has 1 aliphatic heterocycles. The molecular weight excluding hydrogens is 428 g/mol. The van der Waals surface area contributed by atoms with E-state index < -0.39 is 0 Å². The molecule has 142 valence electrons. The first kappa shape index (κ1) is 17.8. The highest BCUT2D eigenvalue weighted by Gasteiger charge is 2.43. The molecule has 1 N–H and O–H groups in total. The number of carbonyl (C=O) groups is 1. The Hall–Kier alpha value is -3.25. The van der Waals surface area contributed by atoms with E-state index in [1.165, 1.54) is 0 Å². The van der Waals surface area contributed by atoms with E-state index in [1.807, 2.05) is 78.7 Å². The lowest BCUT2D eigenvalue weighted by Gasteiger charge is -2.26. The number of halogens is 1. The first-order chi connectivity index (χ1) is 14.1. The summed E-state index contributed by atoms with van der Waals surface area (Å²) in [6.07, 6.45) is 3.55. The molecule has 6 heteroatoms. The number of H-pyrrole nitrogens is 1. The van der Waals surface area contributed by atoms with Gasteiger partial charge in [-0.1, -0.05) is 51.8 Å². The van der Waals surface area contributed by atoms with Gasteiger partial charge in [0, 0.05) is 33.7 Å². The van der Waals surface area contributed by atoms with Crippen molar-refractivity contribution in [3.8, 4) is 11.3 Å². The molecule has 5 nitrogen and oxygen atoms in total. The van der Waals surface area contributed by atoms with Crippen LogP contribution in [0.15, 0.2) is 77.5 Å². The van der Waals surface area contributed by atoms with Crippen LogP contribution < -0.4 is 4.90 Å². The van der Waals surface area contributed by atoms with Gasteiger partial charge < -0.3 is 0 Å². The number of fused-ring (bicyclic) bond motifs is 1. The fraction of sp³-hybridized carbons (Fsp3) is 0.0870. The van der Waals surface area contributed by atoms with Crippen LogP contribution in [-0.4, -0.2) is 21.1 Å². The number of amides is 1. The average Bonchev–Trinajstić information content (AvgIpc) is 3.29. The number of aromatic amines is 1. The second-order valence-electron chi connectivity index (χ2n) is 7.07. The lowest BCUT2D eigenvalue weighted by Crippen LogP contribution is -2.29. The number of nitrogens with one attached hydrogen (secondary N) is 1. The number of nitrogens with zero attached hydrogens (tertiary/aromatic N) is 3. The minimum absolute atomic E-state index is 0.0893. The van der Waals surface area contributed by atoms with Gasteiger partial charge in [-0.15, -0.1) is 0 Å². The summed E-state index contributed by atoms with van der Waals surface area (Å²) in [5, 5.41) is 7.48. The van der Waals surface area contributed by atoms with Crippen molar-refractivity contribution >= 4 is 27.5 Å². The first-order valence-electron chi connectivity index (χ1n) is 9.28. The van der Waals surface area contributed by atoms with E-state index >= 15 is 0 Å². The molecule has 1 aliphatic rings. The second-order valence-corrected chi connectivity index (χ2v) is 7.98. The summed E-state index contributed by atoms with van der Waals surface area (Å²) in [5.41, 5.74) is 6.08. The second kappa shape index (κ2) is 6.97. The van der Waals surface area contributed by atoms with E-state index in [0.29, 0.717) is 5.69 Å². The lowest BCUT2D eigenvalue weighted by atomic mass is 9.97. The van der Waals surface area contributed by atoms with Crippen LogP contribution in [-0.2, 0) is 0 Å². The van der Waals surface area contributed by atoms with Gasteiger partial charge in [0.25, 0.3) is 5.91 Å². The molecule has 0 fully saturated rings. The van der Waals surface area contributed by atoms with Gasteiger partial charge in [-0.2, -0.15) is 5.10 Å². The van der Waals surface area contributed by atoms with E-state index in [0.717, 1.165) is 38.1 Å². The van der Waals surface area contributed by atoms with Gasteiger partial charge in [0.2, 0.25) is 0 Å². The predicted octanol–water partition coefficient (Wildman–Crippen LogP) is 5.29. The van der Waals surface area contributed by atoms with Crippen molar-refractivity contribution in [3.05, 3.63) is 99.9 Å². The largest absolute Gasteiger partial charge is 0.295 e. The van der Waals surface area contributed by atoms with E-state index in [9.17, 15) is 4.79 Å². The maximum absolute atomic E-state index is 13.4. The molecule has 0 saturated heterocycles. The van der Waals surface area contributed by atoms with Gasteiger partial charge in [-0.25, -0.2) is 0 Å². The molecule has 3 heterocycles. The highest BCUT2D eigenvalue weighted by Crippen LogP contribution is 2.44. The van der Waals surface area contributed by atoms with E-state index in [1.54, 1.807) is 6.20 Å². The van der Waals surface area contributed by atoms with Crippen LogP contribution in [0.1, 0.15) is 33.2 Å². The van der Waals surface area contributed by atoms with Crippen LogP contribution in [0, 0.1) is 6.92 Å². The lowest BCUT2D eigenvalue weighted by molar-refractivity contribution is 0.0988. The molecule has 1 amide bonds. The number of rotatable bonds is 3. The fourth-order valence-corrected chi connectivity index (χ4v) is 4.06. The third-order valence-corrected chi connectivity index (χ3v) is 5.73. The number of aromatic nitrogens is 3. The van der Waals surface area contributed by atoms with Crippen LogP contribution in [0.5, 0.6) is 0 Å². The molecule has 0 saturated carbocycles. The summed E-state index contributed by atoms with van der Waals surface area (Å²) in [7, 11) is 0. The number of benzene rings is 2. The van der Waals surface area contributed by atoms with Crippen LogP contribution in [0.2, 0.25) is 0 Å². The van der Waals surface area contributed by atoms with E-state index in [-0.39, 0.29) is 11.9 Å². The predicted molar refractivity (Wildman–Crippen MR) is 116 cm³/mol. The maximum Gasteiger partial charge on any atom is 0.277 e. The van der Waals surface area contributed by atoms with Crippen molar-refractivity contribution in [2.24, 2.45) is 0 Å². The van der Waals surface area contributed by atoms with Gasteiger partial charge in [0.1, 0.15) is 5.69 Å². The standard InChI is InChI=1S/C23H17BrN4O/c1-14-4-10-18(11-5-14)28-22(16-3-2-12-25-13-16)19-20(26-27-21(19)23(28)29)15-6-8-17(24)9-7-15/h2-13,22H,1H3,(H,26,27)/t22-/m0/s1. The van der Waals surface area contributed by atoms with Gasteiger partial charge in [-0.05, 0) is 42.8 Å². The molecule has 0 unspecified atom stereocenters. The molecule has 2 aromatic carbocycles. The highest BCUT2D eigenvalue weighted by atomic mass is 79.9. The number of aryl methyl sites for hydroxylation is 1. The third kappa shape index (κ3) is 2.96. The Balaban J connectivity index is 1.71. The molecular formula is C23H17BrN4O. The Morgan fingerprint density at radius 1 is 1.03 bits per heavy atom. The van der Waals surface area contributed by atoms with Crippen LogP contribution in [0.4, 0.5) is 5.69 Å². The zero-order valence-corrected chi connectivity index (χ0v) is 17.2. The van der Waals surface area contributed by atoms with Crippen molar-refractivity contribution in [1.29, 1.82) is 0 Å². The average molecular weight is 445 g/mol. The quantitative estimate of drug-likeness (QED) is 0.466. The van der Waals surface area contributed by atoms with Crippen molar-refractivity contribution in [3.63, 3.8) is 0 Å². The normalized spacial score (nSPS) is 15.6. The molecule has 0 radical (unpaired) electrons. The highest BCUT2D eigenvalue weighted by molar-refractivity contribution is 9.10. The monoisotopic (exact) mass is 444 g/mol. The molecule has 29 heavy (non-hydrogen) atoms. The number of anilines is 1. The molecule has 0 bridgehead atoms. The zero-order chi connectivity index (χ0) is 20.0. The SMILES string of the molecule is Cc1ccc(N2C(=O)c3[nH]nc(-c4ccc(Br)cc4)c3[C@@H]2c2cccnc2)cc1. The minimum Gasteiger partial charge on any atom is -0.295 e. The van der Waals surface area contributed by atoms with Crippen molar-refractivity contribution < 1.29 is 4.79 Å². The Morgan fingerprint density at radius 2 is 1.79 bits per heavy atom. The van der Waals surface area contributed by atoms with E-state index in [4.69, 9.17) is 0 Å². The minimum atomic E-state index is -0.300. The summed E-state index contributed by atoms with van der Waals surface area (Å²) in [4.78, 5) is 19.5. The Morgan fingerprint density at radius 3 is 2.48 bits per heavy atom. The van der Waals surface area contributed by atoms with Crippen molar-refractivity contribution in [2.45, 2.75) is 13.0 Å². The summed E-state index contributed by atoms with van der Waals surface area (Å²) >= 11 is 3.48. The number of pyridine rings is 1. The molecule has 0 spiro atoms. The summed E-state index contributed by atoms with van der Waals surface area (Å²) in [6, 6.07) is 19.5. The van der Waals surface area contributed by atoms with Crippen molar-refractivity contribution in [1.82, 2.24) is 15.2 Å². The zero-order valence-electron chi connectivity index (χ0n) is 15.6. The van der Waals surface area contributed by atoms with Crippen molar-refractivity contribution in [2.75, 3.05) is 4.90 Å². The van der Waals surface area contributed by atoms with Crippen LogP contribution >= 0.6 is 15.9 Å². The summed E-state index contributed by atoms with van der Waals surface area (Å²) < 4.78 is 0.995. The smallest absolute Gasteiger partial charge is 0.277 e.